The number of nitrogens with zero attached hydrogens (tertiary/aromatic N) is 1. The highest BCUT2D eigenvalue weighted by molar-refractivity contribution is 5.99. The Morgan fingerprint density at radius 3 is 3.00 bits per heavy atom. The highest BCUT2D eigenvalue weighted by atomic mass is 16.3. The van der Waals surface area contributed by atoms with Gasteiger partial charge in [0.25, 0.3) is 0 Å². The Morgan fingerprint density at radius 2 is 2.31 bits per heavy atom. The van der Waals surface area contributed by atoms with E-state index in [4.69, 9.17) is 10.2 Å². The fraction of sp³-hybridized carbons (Fsp3) is 0.333. The lowest BCUT2D eigenvalue weighted by atomic mass is 10.1. The minimum absolute atomic E-state index is 0.0266. The van der Waals surface area contributed by atoms with E-state index in [0.29, 0.717) is 11.5 Å². The number of fused-ring (bicyclic) bond motifs is 1. The molecule has 82 valence electrons. The molecule has 1 fully saturated rings. The Balaban J connectivity index is 2.06. The van der Waals surface area contributed by atoms with Crippen molar-refractivity contribution in [3.05, 3.63) is 29.7 Å². The van der Waals surface area contributed by atoms with E-state index < -0.39 is 0 Å². The zero-order valence-corrected chi connectivity index (χ0v) is 8.77. The van der Waals surface area contributed by atoms with Crippen molar-refractivity contribution in [1.29, 1.82) is 0 Å². The minimum Gasteiger partial charge on any atom is -0.440 e. The molecule has 2 aromatic rings. The first-order valence-corrected chi connectivity index (χ1v) is 5.41. The van der Waals surface area contributed by atoms with E-state index in [-0.39, 0.29) is 12.3 Å². The number of hydrogen-bond acceptors (Lipinski definition) is 4. The maximum absolute atomic E-state index is 11.4. The standard InChI is InChI=1S/C12H12N2O2/c13-6-10(15)8-3-4-11-9(5-8)14-12(16-11)7-1-2-7/h3-5,7H,1-2,6,13H2. The van der Waals surface area contributed by atoms with E-state index in [9.17, 15) is 4.79 Å². The number of carbonyl (C=O) groups is 1. The first kappa shape index (κ1) is 9.54. The van der Waals surface area contributed by atoms with Crippen molar-refractivity contribution in [1.82, 2.24) is 4.98 Å². The molecule has 1 aromatic carbocycles. The van der Waals surface area contributed by atoms with Gasteiger partial charge in [0.1, 0.15) is 5.52 Å². The van der Waals surface area contributed by atoms with E-state index in [0.717, 1.165) is 29.8 Å². The molecule has 1 heterocycles. The van der Waals surface area contributed by atoms with Gasteiger partial charge in [-0.3, -0.25) is 4.79 Å². The van der Waals surface area contributed by atoms with E-state index in [1.165, 1.54) is 0 Å². The average Bonchev–Trinajstić information content (AvgIpc) is 3.07. The molecule has 0 bridgehead atoms. The Morgan fingerprint density at radius 1 is 1.50 bits per heavy atom. The quantitative estimate of drug-likeness (QED) is 0.795. The van der Waals surface area contributed by atoms with E-state index in [1.807, 2.05) is 0 Å². The Labute approximate surface area is 92.4 Å². The Kier molecular flexibility index (Phi) is 2.04. The van der Waals surface area contributed by atoms with Crippen molar-refractivity contribution in [2.24, 2.45) is 5.73 Å². The van der Waals surface area contributed by atoms with Crippen LogP contribution in [0.2, 0.25) is 0 Å². The molecule has 0 amide bonds. The number of Topliss-reactive ketones (excluding diaryl/α,β-unsaturated/α-hetero) is 1. The molecular weight excluding hydrogens is 204 g/mol. The lowest BCUT2D eigenvalue weighted by Crippen LogP contribution is -2.13. The molecule has 1 saturated carbocycles. The summed E-state index contributed by atoms with van der Waals surface area (Å²) in [7, 11) is 0. The molecule has 2 N–H and O–H groups in total. The zero-order chi connectivity index (χ0) is 11.1. The number of carbonyl (C=O) groups excluding carboxylic acids is 1. The van der Waals surface area contributed by atoms with Gasteiger partial charge in [-0.15, -0.1) is 0 Å². The van der Waals surface area contributed by atoms with Gasteiger partial charge in [0.2, 0.25) is 0 Å². The van der Waals surface area contributed by atoms with Crippen LogP contribution in [0.4, 0.5) is 0 Å². The number of hydrogen-bond donors (Lipinski definition) is 1. The van der Waals surface area contributed by atoms with Gasteiger partial charge in [0.05, 0.1) is 6.54 Å². The second-order valence-electron chi connectivity index (χ2n) is 4.14. The van der Waals surface area contributed by atoms with E-state index >= 15 is 0 Å². The first-order chi connectivity index (χ1) is 7.78. The summed E-state index contributed by atoms with van der Waals surface area (Å²) in [4.78, 5) is 15.8. The molecule has 4 heteroatoms. The lowest BCUT2D eigenvalue weighted by molar-refractivity contribution is 0.100. The highest BCUT2D eigenvalue weighted by Crippen LogP contribution is 2.40. The van der Waals surface area contributed by atoms with Crippen molar-refractivity contribution in [3.63, 3.8) is 0 Å². The summed E-state index contributed by atoms with van der Waals surface area (Å²) in [6.07, 6.45) is 2.31. The van der Waals surface area contributed by atoms with Gasteiger partial charge >= 0.3 is 0 Å². The first-order valence-electron chi connectivity index (χ1n) is 5.41. The van der Waals surface area contributed by atoms with Crippen LogP contribution in [0.1, 0.15) is 35.0 Å². The largest absolute Gasteiger partial charge is 0.440 e. The second-order valence-corrected chi connectivity index (χ2v) is 4.14. The van der Waals surface area contributed by atoms with Gasteiger partial charge in [0, 0.05) is 11.5 Å². The van der Waals surface area contributed by atoms with Gasteiger partial charge in [-0.1, -0.05) is 0 Å². The highest BCUT2D eigenvalue weighted by Gasteiger charge is 2.28. The van der Waals surface area contributed by atoms with Crippen LogP contribution in [-0.4, -0.2) is 17.3 Å². The van der Waals surface area contributed by atoms with Gasteiger partial charge in [0.15, 0.2) is 17.3 Å². The lowest BCUT2D eigenvalue weighted by Gasteiger charge is -1.95. The number of nitrogens with two attached hydrogens (primary N) is 1. The smallest absolute Gasteiger partial charge is 0.198 e. The van der Waals surface area contributed by atoms with Crippen molar-refractivity contribution < 1.29 is 9.21 Å². The Hall–Kier alpha value is -1.68. The fourth-order valence-corrected chi connectivity index (χ4v) is 1.74. The molecule has 1 aliphatic carbocycles. The van der Waals surface area contributed by atoms with Crippen molar-refractivity contribution in [2.75, 3.05) is 6.54 Å². The van der Waals surface area contributed by atoms with Gasteiger partial charge in [-0.05, 0) is 31.0 Å². The maximum atomic E-state index is 11.4. The molecule has 3 rings (SSSR count). The summed E-state index contributed by atoms with van der Waals surface area (Å²) in [5.41, 5.74) is 7.42. The number of ketones is 1. The van der Waals surface area contributed by atoms with Crippen LogP contribution in [0, 0.1) is 0 Å². The molecule has 0 spiro atoms. The van der Waals surface area contributed by atoms with Crippen molar-refractivity contribution in [2.45, 2.75) is 18.8 Å². The van der Waals surface area contributed by atoms with Crippen molar-refractivity contribution in [3.8, 4) is 0 Å². The molecule has 4 nitrogen and oxygen atoms in total. The van der Waals surface area contributed by atoms with Gasteiger partial charge < -0.3 is 10.2 Å². The van der Waals surface area contributed by atoms with Crippen molar-refractivity contribution >= 4 is 16.9 Å². The van der Waals surface area contributed by atoms with Crippen LogP contribution in [-0.2, 0) is 0 Å². The molecule has 0 radical (unpaired) electrons. The summed E-state index contributed by atoms with van der Waals surface area (Å²) in [5.74, 6) is 1.21. The minimum atomic E-state index is -0.0714. The predicted octanol–water partition coefficient (Wildman–Crippen LogP) is 1.85. The molecule has 0 unspecified atom stereocenters. The van der Waals surface area contributed by atoms with Crippen LogP contribution >= 0.6 is 0 Å². The molecule has 0 aliphatic heterocycles. The molecular formula is C12H12N2O2. The summed E-state index contributed by atoms with van der Waals surface area (Å²) in [6.45, 7) is 0.0266. The summed E-state index contributed by atoms with van der Waals surface area (Å²) < 4.78 is 5.61. The third-order valence-corrected chi connectivity index (χ3v) is 2.84. The van der Waals surface area contributed by atoms with Crippen LogP contribution in [0.5, 0.6) is 0 Å². The molecule has 0 saturated heterocycles. The molecule has 1 aromatic heterocycles. The average molecular weight is 216 g/mol. The third kappa shape index (κ3) is 1.51. The third-order valence-electron chi connectivity index (χ3n) is 2.84. The second kappa shape index (κ2) is 3.42. The molecule has 0 atom stereocenters. The van der Waals surface area contributed by atoms with Crippen LogP contribution in [0.25, 0.3) is 11.1 Å². The van der Waals surface area contributed by atoms with Gasteiger partial charge in [-0.25, -0.2) is 4.98 Å². The zero-order valence-electron chi connectivity index (χ0n) is 8.77. The normalized spacial score (nSPS) is 15.6. The summed E-state index contributed by atoms with van der Waals surface area (Å²) in [6, 6.07) is 5.27. The Bertz CT molecular complexity index is 555. The fourth-order valence-electron chi connectivity index (χ4n) is 1.74. The predicted molar refractivity (Wildman–Crippen MR) is 59.4 cm³/mol. The molecule has 1 aliphatic rings. The van der Waals surface area contributed by atoms with Crippen LogP contribution < -0.4 is 5.73 Å². The van der Waals surface area contributed by atoms with Crippen LogP contribution in [0.3, 0.4) is 0 Å². The number of benzene rings is 1. The SMILES string of the molecule is NCC(=O)c1ccc2oc(C3CC3)nc2c1. The molecule has 16 heavy (non-hydrogen) atoms. The summed E-state index contributed by atoms with van der Waals surface area (Å²) >= 11 is 0. The number of rotatable bonds is 3. The van der Waals surface area contributed by atoms with E-state index in [2.05, 4.69) is 4.98 Å². The van der Waals surface area contributed by atoms with Crippen LogP contribution in [0.15, 0.2) is 22.6 Å². The summed E-state index contributed by atoms with van der Waals surface area (Å²) in [5, 5.41) is 0. The van der Waals surface area contributed by atoms with Gasteiger partial charge in [-0.2, -0.15) is 0 Å². The topological polar surface area (TPSA) is 69.1 Å². The van der Waals surface area contributed by atoms with E-state index in [1.54, 1.807) is 18.2 Å². The number of oxazole rings is 1. The number of aromatic nitrogens is 1. The monoisotopic (exact) mass is 216 g/mol. The maximum Gasteiger partial charge on any atom is 0.198 e.